The largest absolute Gasteiger partial charge is 0.472 e. The molecule has 3 heterocycles. The number of ether oxygens (including phenoxy) is 1. The Hall–Kier alpha value is -1.60. The predicted octanol–water partition coefficient (Wildman–Crippen LogP) is 4.21. The summed E-state index contributed by atoms with van der Waals surface area (Å²) in [5, 5.41) is 3.31. The van der Waals surface area contributed by atoms with E-state index < -0.39 is 11.1 Å². The Bertz CT molecular complexity index is 651. The lowest BCUT2D eigenvalue weighted by Crippen LogP contribution is -2.27. The van der Waals surface area contributed by atoms with Gasteiger partial charge in [-0.15, -0.1) is 11.3 Å². The predicted molar refractivity (Wildman–Crippen MR) is 82.7 cm³/mol. The van der Waals surface area contributed by atoms with Crippen molar-refractivity contribution in [2.24, 2.45) is 0 Å². The molecule has 124 valence electrons. The zero-order chi connectivity index (χ0) is 16.3. The Morgan fingerprint density at radius 3 is 2.65 bits per heavy atom. The molecule has 0 aliphatic carbocycles. The van der Waals surface area contributed by atoms with E-state index in [1.165, 1.54) is 6.07 Å². The molecule has 3 rings (SSSR count). The number of aromatic nitrogens is 1. The summed E-state index contributed by atoms with van der Waals surface area (Å²) in [7, 11) is 0. The zero-order valence-electron chi connectivity index (χ0n) is 12.4. The third-order valence-corrected chi connectivity index (χ3v) is 4.91. The van der Waals surface area contributed by atoms with Gasteiger partial charge in [-0.2, -0.15) is 13.2 Å². The molecule has 1 aliphatic heterocycles. The summed E-state index contributed by atoms with van der Waals surface area (Å²) in [4.78, 5) is 4.43. The van der Waals surface area contributed by atoms with E-state index in [-0.39, 0.29) is 6.61 Å². The number of hydrogen-bond donors (Lipinski definition) is 1. The van der Waals surface area contributed by atoms with Gasteiger partial charge in [0, 0.05) is 22.6 Å². The molecule has 1 N–H and O–H groups in total. The topological polar surface area (TPSA) is 34.1 Å². The molecule has 3 nitrogen and oxygen atoms in total. The lowest BCUT2D eigenvalue weighted by molar-refractivity contribution is -0.134. The molecule has 0 atom stereocenters. The fourth-order valence-electron chi connectivity index (χ4n) is 2.61. The number of rotatable bonds is 4. The van der Waals surface area contributed by atoms with Crippen LogP contribution in [0.15, 0.2) is 30.3 Å². The maximum atomic E-state index is 12.6. The molecule has 1 fully saturated rings. The highest BCUT2D eigenvalue weighted by atomic mass is 32.1. The van der Waals surface area contributed by atoms with Gasteiger partial charge in [0.05, 0.1) is 0 Å². The van der Waals surface area contributed by atoms with E-state index in [0.29, 0.717) is 28.0 Å². The number of piperidine rings is 1. The second-order valence-electron chi connectivity index (χ2n) is 5.48. The van der Waals surface area contributed by atoms with Gasteiger partial charge in [-0.05, 0) is 44.1 Å². The Labute approximate surface area is 136 Å². The van der Waals surface area contributed by atoms with E-state index in [2.05, 4.69) is 10.3 Å². The average Bonchev–Trinajstić information content (AvgIpc) is 3.03. The van der Waals surface area contributed by atoms with Crippen molar-refractivity contribution in [3.05, 3.63) is 45.8 Å². The summed E-state index contributed by atoms with van der Waals surface area (Å²) in [5.41, 5.74) is 0.992. The first-order valence-electron chi connectivity index (χ1n) is 7.49. The first-order valence-corrected chi connectivity index (χ1v) is 8.30. The van der Waals surface area contributed by atoms with Crippen molar-refractivity contribution >= 4 is 11.3 Å². The zero-order valence-corrected chi connectivity index (χ0v) is 13.2. The fraction of sp³-hybridized carbons (Fsp3) is 0.438. The molecular weight excluding hydrogens is 325 g/mol. The molecule has 0 unspecified atom stereocenters. The smallest absolute Gasteiger partial charge is 0.425 e. The van der Waals surface area contributed by atoms with Gasteiger partial charge >= 0.3 is 6.18 Å². The van der Waals surface area contributed by atoms with Crippen molar-refractivity contribution in [3.63, 3.8) is 0 Å². The molecule has 0 saturated carbocycles. The van der Waals surface area contributed by atoms with Gasteiger partial charge in [0.25, 0.3) is 0 Å². The van der Waals surface area contributed by atoms with Gasteiger partial charge in [-0.1, -0.05) is 6.07 Å². The molecule has 2 aromatic rings. The third-order valence-electron chi connectivity index (χ3n) is 3.81. The lowest BCUT2D eigenvalue weighted by Gasteiger charge is -2.22. The molecule has 1 saturated heterocycles. The summed E-state index contributed by atoms with van der Waals surface area (Å²) in [6.45, 7) is 2.06. The first-order chi connectivity index (χ1) is 11.0. The van der Waals surface area contributed by atoms with Crippen LogP contribution in [0.25, 0.3) is 0 Å². The van der Waals surface area contributed by atoms with Crippen LogP contribution in [-0.2, 0) is 12.8 Å². The van der Waals surface area contributed by atoms with Crippen LogP contribution in [0.2, 0.25) is 0 Å². The van der Waals surface area contributed by atoms with E-state index in [1.807, 2.05) is 12.1 Å². The van der Waals surface area contributed by atoms with Crippen LogP contribution in [0.5, 0.6) is 5.88 Å². The number of halogens is 3. The average molecular weight is 342 g/mol. The number of nitrogens with zero attached hydrogens (tertiary/aromatic N) is 1. The normalized spacial score (nSPS) is 16.5. The van der Waals surface area contributed by atoms with E-state index in [4.69, 9.17) is 4.74 Å². The number of hydrogen-bond acceptors (Lipinski definition) is 4. The second kappa shape index (κ2) is 6.88. The maximum absolute atomic E-state index is 12.6. The minimum Gasteiger partial charge on any atom is -0.472 e. The fourth-order valence-corrected chi connectivity index (χ4v) is 3.40. The van der Waals surface area contributed by atoms with E-state index in [0.717, 1.165) is 37.7 Å². The van der Waals surface area contributed by atoms with E-state index in [1.54, 1.807) is 6.07 Å². The third kappa shape index (κ3) is 4.23. The summed E-state index contributed by atoms with van der Waals surface area (Å²) in [6, 6.07) is 8.14. The molecule has 23 heavy (non-hydrogen) atoms. The van der Waals surface area contributed by atoms with Gasteiger partial charge in [0.15, 0.2) is 0 Å². The van der Waals surface area contributed by atoms with Crippen molar-refractivity contribution in [2.45, 2.75) is 31.5 Å². The summed E-state index contributed by atoms with van der Waals surface area (Å²) >= 11 is 0.705. The summed E-state index contributed by atoms with van der Waals surface area (Å²) < 4.78 is 43.3. The quantitative estimate of drug-likeness (QED) is 0.904. The molecule has 2 aromatic heterocycles. The highest BCUT2D eigenvalue weighted by Crippen LogP contribution is 2.35. The molecule has 0 aromatic carbocycles. The molecule has 1 aliphatic rings. The SMILES string of the molecule is FC(F)(F)c1ccc(COc2cccc(C3CCNCC3)n2)s1. The summed E-state index contributed by atoms with van der Waals surface area (Å²) in [5.74, 6) is 0.876. The number of pyridine rings is 1. The molecular formula is C16H17F3N2OS. The van der Waals surface area contributed by atoms with Crippen molar-refractivity contribution in [1.82, 2.24) is 10.3 Å². The Morgan fingerprint density at radius 2 is 1.96 bits per heavy atom. The molecule has 0 spiro atoms. The van der Waals surface area contributed by atoms with E-state index in [9.17, 15) is 13.2 Å². The molecule has 0 radical (unpaired) electrons. The first kappa shape index (κ1) is 16.3. The standard InChI is InChI=1S/C16H17F3N2OS/c17-16(18,19)14-5-4-12(23-14)10-22-15-3-1-2-13(21-15)11-6-8-20-9-7-11/h1-5,11,20H,6-10H2. The van der Waals surface area contributed by atoms with Gasteiger partial charge < -0.3 is 10.1 Å². The number of alkyl halides is 3. The van der Waals surface area contributed by atoms with Crippen LogP contribution in [0.1, 0.15) is 34.2 Å². The van der Waals surface area contributed by atoms with Crippen molar-refractivity contribution in [2.75, 3.05) is 13.1 Å². The Morgan fingerprint density at radius 1 is 1.17 bits per heavy atom. The van der Waals surface area contributed by atoms with Gasteiger partial charge in [-0.3, -0.25) is 0 Å². The van der Waals surface area contributed by atoms with Crippen molar-refractivity contribution in [1.29, 1.82) is 0 Å². The molecule has 7 heteroatoms. The van der Waals surface area contributed by atoms with Crippen LogP contribution >= 0.6 is 11.3 Å². The summed E-state index contributed by atoms with van der Waals surface area (Å²) in [6.07, 6.45) is -2.22. The minimum absolute atomic E-state index is 0.101. The second-order valence-corrected chi connectivity index (χ2v) is 6.65. The lowest BCUT2D eigenvalue weighted by atomic mass is 9.94. The number of thiophene rings is 1. The van der Waals surface area contributed by atoms with Gasteiger partial charge in [0.2, 0.25) is 5.88 Å². The van der Waals surface area contributed by atoms with Crippen LogP contribution in [0.3, 0.4) is 0 Å². The van der Waals surface area contributed by atoms with E-state index >= 15 is 0 Å². The Balaban J connectivity index is 1.63. The minimum atomic E-state index is -4.30. The maximum Gasteiger partial charge on any atom is 0.425 e. The highest BCUT2D eigenvalue weighted by molar-refractivity contribution is 7.12. The molecule has 0 bridgehead atoms. The molecule has 0 amide bonds. The van der Waals surface area contributed by atoms with Crippen molar-refractivity contribution < 1.29 is 17.9 Å². The van der Waals surface area contributed by atoms with Crippen LogP contribution in [-0.4, -0.2) is 18.1 Å². The number of nitrogens with one attached hydrogen (secondary N) is 1. The van der Waals surface area contributed by atoms with Crippen LogP contribution in [0, 0.1) is 0 Å². The Kier molecular flexibility index (Phi) is 4.87. The highest BCUT2D eigenvalue weighted by Gasteiger charge is 2.32. The van der Waals surface area contributed by atoms with Crippen LogP contribution < -0.4 is 10.1 Å². The monoisotopic (exact) mass is 342 g/mol. The van der Waals surface area contributed by atoms with Gasteiger partial charge in [0.1, 0.15) is 11.5 Å². The van der Waals surface area contributed by atoms with Crippen molar-refractivity contribution in [3.8, 4) is 5.88 Å². The van der Waals surface area contributed by atoms with Crippen LogP contribution in [0.4, 0.5) is 13.2 Å². The van der Waals surface area contributed by atoms with Gasteiger partial charge in [-0.25, -0.2) is 4.98 Å².